The predicted octanol–water partition coefficient (Wildman–Crippen LogP) is 0.561. The summed E-state index contributed by atoms with van der Waals surface area (Å²) >= 11 is 0. The number of amides is 2. The van der Waals surface area contributed by atoms with Crippen LogP contribution in [0.15, 0.2) is 17.0 Å². The van der Waals surface area contributed by atoms with Crippen LogP contribution in [0, 0.1) is 20.8 Å². The first-order chi connectivity index (χ1) is 13.6. The second-order valence-electron chi connectivity index (χ2n) is 7.53. The smallest absolute Gasteiger partial charge is 0.243 e. The van der Waals surface area contributed by atoms with E-state index in [-0.39, 0.29) is 24.9 Å². The second kappa shape index (κ2) is 10.2. The topological polar surface area (TPSA) is 98.8 Å². The molecule has 1 aliphatic rings. The van der Waals surface area contributed by atoms with Gasteiger partial charge in [0.1, 0.15) is 0 Å². The molecule has 2 amide bonds. The van der Waals surface area contributed by atoms with E-state index in [4.69, 9.17) is 0 Å². The van der Waals surface area contributed by atoms with Crippen molar-refractivity contribution < 1.29 is 18.0 Å². The Bertz CT molecular complexity index is 823. The van der Waals surface area contributed by atoms with Gasteiger partial charge in [0, 0.05) is 32.7 Å². The summed E-state index contributed by atoms with van der Waals surface area (Å²) in [6, 6.07) is 3.77. The highest BCUT2D eigenvalue weighted by Gasteiger charge is 2.31. The zero-order valence-corrected chi connectivity index (χ0v) is 18.6. The molecule has 0 atom stereocenters. The lowest BCUT2D eigenvalue weighted by molar-refractivity contribution is -0.126. The first-order valence-electron chi connectivity index (χ1n) is 9.99. The molecule has 0 saturated carbocycles. The quantitative estimate of drug-likeness (QED) is 0.635. The minimum absolute atomic E-state index is 0.0425. The number of carbonyl (C=O) groups is 2. The maximum Gasteiger partial charge on any atom is 0.243 e. The van der Waals surface area contributed by atoms with E-state index in [1.54, 1.807) is 0 Å². The van der Waals surface area contributed by atoms with Crippen molar-refractivity contribution in [1.82, 2.24) is 19.8 Å². The van der Waals surface area contributed by atoms with Crippen LogP contribution < -0.4 is 10.6 Å². The molecule has 0 spiro atoms. The lowest BCUT2D eigenvalue weighted by atomic mass is 10.1. The largest absolute Gasteiger partial charge is 0.355 e. The molecule has 1 saturated heterocycles. The molecule has 1 aromatic carbocycles. The Morgan fingerprint density at radius 3 is 2.10 bits per heavy atom. The SMILES string of the molecule is CCCNC(=O)CNC(=O)CN1CCN(S(=O)(=O)c2c(C)cc(C)cc2C)CC1. The van der Waals surface area contributed by atoms with E-state index < -0.39 is 10.0 Å². The van der Waals surface area contributed by atoms with Crippen LogP contribution in [0.3, 0.4) is 0 Å². The maximum absolute atomic E-state index is 13.1. The van der Waals surface area contributed by atoms with Crippen molar-refractivity contribution in [2.75, 3.05) is 45.8 Å². The molecule has 2 rings (SSSR count). The summed E-state index contributed by atoms with van der Waals surface area (Å²) in [5.74, 6) is -0.446. The number of nitrogens with zero attached hydrogens (tertiary/aromatic N) is 2. The number of aryl methyl sites for hydroxylation is 3. The number of sulfonamides is 1. The summed E-state index contributed by atoms with van der Waals surface area (Å²) in [4.78, 5) is 25.9. The number of nitrogens with one attached hydrogen (secondary N) is 2. The third-order valence-corrected chi connectivity index (χ3v) is 7.12. The van der Waals surface area contributed by atoms with Crippen molar-refractivity contribution >= 4 is 21.8 Å². The summed E-state index contributed by atoms with van der Waals surface area (Å²) in [6.45, 7) is 9.86. The number of hydrogen-bond acceptors (Lipinski definition) is 5. The Labute approximate surface area is 173 Å². The third-order valence-electron chi connectivity index (χ3n) is 4.92. The van der Waals surface area contributed by atoms with Gasteiger partial charge in [0.2, 0.25) is 21.8 Å². The van der Waals surface area contributed by atoms with Crippen molar-refractivity contribution in [3.63, 3.8) is 0 Å². The molecular formula is C20H32N4O4S. The van der Waals surface area contributed by atoms with E-state index in [9.17, 15) is 18.0 Å². The number of benzene rings is 1. The van der Waals surface area contributed by atoms with Crippen LogP contribution >= 0.6 is 0 Å². The minimum Gasteiger partial charge on any atom is -0.355 e. The molecule has 1 aromatic rings. The minimum atomic E-state index is -3.57. The van der Waals surface area contributed by atoms with E-state index in [0.29, 0.717) is 37.6 Å². The third kappa shape index (κ3) is 6.25. The number of hydrogen-bond donors (Lipinski definition) is 2. The molecule has 0 bridgehead atoms. The van der Waals surface area contributed by atoms with Gasteiger partial charge < -0.3 is 10.6 Å². The van der Waals surface area contributed by atoms with Crippen LogP contribution in [0.2, 0.25) is 0 Å². The maximum atomic E-state index is 13.1. The van der Waals surface area contributed by atoms with Gasteiger partial charge in [-0.05, 0) is 38.3 Å². The summed E-state index contributed by atoms with van der Waals surface area (Å²) in [5.41, 5.74) is 2.55. The van der Waals surface area contributed by atoms with E-state index in [2.05, 4.69) is 10.6 Å². The van der Waals surface area contributed by atoms with Crippen LogP contribution in [-0.2, 0) is 19.6 Å². The van der Waals surface area contributed by atoms with Gasteiger partial charge in [0.05, 0.1) is 18.0 Å². The molecule has 162 valence electrons. The summed E-state index contributed by atoms with van der Waals surface area (Å²) in [6.07, 6.45) is 0.842. The first kappa shape index (κ1) is 23.3. The van der Waals surface area contributed by atoms with Crippen molar-refractivity contribution in [3.05, 3.63) is 28.8 Å². The standard InChI is InChI=1S/C20H32N4O4S/c1-5-6-21-18(25)13-22-19(26)14-23-7-9-24(10-8-23)29(27,28)20-16(3)11-15(2)12-17(20)4/h11-12H,5-10,13-14H2,1-4H3,(H,21,25)(H,22,26). The summed E-state index contributed by atoms with van der Waals surface area (Å²) < 4.78 is 27.7. The Kier molecular flexibility index (Phi) is 8.18. The van der Waals surface area contributed by atoms with Crippen molar-refractivity contribution in [2.45, 2.75) is 39.0 Å². The molecule has 0 aromatic heterocycles. The van der Waals surface area contributed by atoms with Gasteiger partial charge in [0.15, 0.2) is 0 Å². The van der Waals surface area contributed by atoms with Crippen molar-refractivity contribution in [2.24, 2.45) is 0 Å². The fourth-order valence-corrected chi connectivity index (χ4v) is 5.43. The van der Waals surface area contributed by atoms with Crippen molar-refractivity contribution in [1.29, 1.82) is 0 Å². The van der Waals surface area contributed by atoms with E-state index in [1.165, 1.54) is 4.31 Å². The average Bonchev–Trinajstić information content (AvgIpc) is 2.64. The van der Waals surface area contributed by atoms with Gasteiger partial charge in [-0.1, -0.05) is 24.6 Å². The average molecular weight is 425 g/mol. The lowest BCUT2D eigenvalue weighted by Crippen LogP contribution is -2.51. The fraction of sp³-hybridized carbons (Fsp3) is 0.600. The monoisotopic (exact) mass is 424 g/mol. The first-order valence-corrected chi connectivity index (χ1v) is 11.4. The van der Waals surface area contributed by atoms with E-state index in [1.807, 2.05) is 44.7 Å². The zero-order valence-electron chi connectivity index (χ0n) is 17.7. The molecule has 1 aliphatic heterocycles. The van der Waals surface area contributed by atoms with Gasteiger partial charge in [-0.15, -0.1) is 0 Å². The predicted molar refractivity (Wildman–Crippen MR) is 112 cm³/mol. The Morgan fingerprint density at radius 1 is 0.966 bits per heavy atom. The highest BCUT2D eigenvalue weighted by atomic mass is 32.2. The van der Waals surface area contributed by atoms with Crippen LogP contribution in [0.1, 0.15) is 30.0 Å². The second-order valence-corrected chi connectivity index (χ2v) is 9.41. The summed E-state index contributed by atoms with van der Waals surface area (Å²) in [7, 11) is -3.57. The van der Waals surface area contributed by atoms with Crippen molar-refractivity contribution in [3.8, 4) is 0 Å². The zero-order chi connectivity index (χ0) is 21.6. The summed E-state index contributed by atoms with van der Waals surface area (Å²) in [5, 5.41) is 5.30. The molecule has 1 heterocycles. The number of carbonyl (C=O) groups excluding carboxylic acids is 2. The van der Waals surface area contributed by atoms with Crippen LogP contribution in [0.25, 0.3) is 0 Å². The number of piperazine rings is 1. The van der Waals surface area contributed by atoms with Crippen LogP contribution in [0.5, 0.6) is 0 Å². The van der Waals surface area contributed by atoms with Gasteiger partial charge >= 0.3 is 0 Å². The lowest BCUT2D eigenvalue weighted by Gasteiger charge is -2.34. The highest BCUT2D eigenvalue weighted by molar-refractivity contribution is 7.89. The fourth-order valence-electron chi connectivity index (χ4n) is 3.60. The highest BCUT2D eigenvalue weighted by Crippen LogP contribution is 2.26. The Hall–Kier alpha value is -1.97. The van der Waals surface area contributed by atoms with E-state index >= 15 is 0 Å². The van der Waals surface area contributed by atoms with Gasteiger partial charge in [-0.2, -0.15) is 4.31 Å². The van der Waals surface area contributed by atoms with Gasteiger partial charge in [0.25, 0.3) is 0 Å². The molecule has 0 radical (unpaired) electrons. The number of rotatable bonds is 8. The molecule has 0 unspecified atom stereocenters. The molecule has 8 nitrogen and oxygen atoms in total. The Morgan fingerprint density at radius 2 is 1.55 bits per heavy atom. The van der Waals surface area contributed by atoms with Gasteiger partial charge in [-0.3, -0.25) is 14.5 Å². The van der Waals surface area contributed by atoms with E-state index in [0.717, 1.165) is 23.1 Å². The van der Waals surface area contributed by atoms with Gasteiger partial charge in [-0.25, -0.2) is 8.42 Å². The molecule has 9 heteroatoms. The van der Waals surface area contributed by atoms with Crippen LogP contribution in [0.4, 0.5) is 0 Å². The molecule has 2 N–H and O–H groups in total. The van der Waals surface area contributed by atoms with Crippen LogP contribution in [-0.4, -0.2) is 75.3 Å². The Balaban J connectivity index is 1.89. The molecular weight excluding hydrogens is 392 g/mol. The molecule has 29 heavy (non-hydrogen) atoms. The normalized spacial score (nSPS) is 15.9. The molecule has 1 fully saturated rings. The molecule has 0 aliphatic carbocycles.